The second kappa shape index (κ2) is 9.00. The summed E-state index contributed by atoms with van der Waals surface area (Å²) in [7, 11) is 0. The van der Waals surface area contributed by atoms with Gasteiger partial charge in [-0.05, 0) is 58.2 Å². The zero-order valence-electron chi connectivity index (χ0n) is 17.7. The van der Waals surface area contributed by atoms with Crippen LogP contribution in [0.15, 0.2) is 97.1 Å². The first-order valence-electron chi connectivity index (χ1n) is 10.6. The Morgan fingerprint density at radius 2 is 1.20 bits per heavy atom. The summed E-state index contributed by atoms with van der Waals surface area (Å²) in [5.41, 5.74) is 8.36. The van der Waals surface area contributed by atoms with Crippen molar-refractivity contribution >= 4 is 0 Å². The highest BCUT2D eigenvalue weighted by atomic mass is 16.3. The molecule has 1 heteroatoms. The average molecular weight is 393 g/mol. The van der Waals surface area contributed by atoms with Crippen molar-refractivity contribution in [3.8, 4) is 16.9 Å². The van der Waals surface area contributed by atoms with Crippen molar-refractivity contribution < 1.29 is 5.11 Å². The van der Waals surface area contributed by atoms with E-state index in [1.807, 2.05) is 12.1 Å². The van der Waals surface area contributed by atoms with E-state index < -0.39 is 0 Å². The number of rotatable bonds is 6. The van der Waals surface area contributed by atoms with E-state index in [4.69, 9.17) is 0 Å². The van der Waals surface area contributed by atoms with Crippen LogP contribution in [0.3, 0.4) is 0 Å². The van der Waals surface area contributed by atoms with E-state index in [2.05, 4.69) is 98.8 Å². The number of hydrogen-bond acceptors (Lipinski definition) is 1. The standard InChI is InChI=1S/C29H28O/c1-21(2)25-15-9-10-16-26(25)29-27(20-23-13-7-4-8-14-23)24(17-18-28(29)30)19-22-11-5-3-6-12-22/h3-18,21,30H,19-20H2,1-2H3. The van der Waals surface area contributed by atoms with Crippen LogP contribution in [0.1, 0.15) is 47.6 Å². The zero-order chi connectivity index (χ0) is 20.9. The van der Waals surface area contributed by atoms with Gasteiger partial charge < -0.3 is 5.11 Å². The van der Waals surface area contributed by atoms with Crippen LogP contribution in [0.2, 0.25) is 0 Å². The second-order valence-electron chi connectivity index (χ2n) is 8.16. The van der Waals surface area contributed by atoms with Gasteiger partial charge in [0, 0.05) is 5.56 Å². The van der Waals surface area contributed by atoms with E-state index in [-0.39, 0.29) is 0 Å². The van der Waals surface area contributed by atoms with Crippen LogP contribution < -0.4 is 0 Å². The molecule has 0 aliphatic carbocycles. The summed E-state index contributed by atoms with van der Waals surface area (Å²) in [4.78, 5) is 0. The average Bonchev–Trinajstić information content (AvgIpc) is 2.77. The lowest BCUT2D eigenvalue weighted by Gasteiger charge is -2.21. The molecule has 0 amide bonds. The van der Waals surface area contributed by atoms with Gasteiger partial charge in [-0.1, -0.05) is 105 Å². The van der Waals surface area contributed by atoms with Gasteiger partial charge >= 0.3 is 0 Å². The van der Waals surface area contributed by atoms with Gasteiger partial charge in [-0.25, -0.2) is 0 Å². The molecule has 0 spiro atoms. The van der Waals surface area contributed by atoms with E-state index in [1.54, 1.807) is 0 Å². The van der Waals surface area contributed by atoms with E-state index in [0.29, 0.717) is 11.7 Å². The molecule has 0 heterocycles. The summed E-state index contributed by atoms with van der Waals surface area (Å²) in [6.07, 6.45) is 1.64. The lowest BCUT2D eigenvalue weighted by Crippen LogP contribution is -2.03. The first-order chi connectivity index (χ1) is 14.6. The molecule has 0 aromatic heterocycles. The minimum atomic E-state index is 0.353. The summed E-state index contributed by atoms with van der Waals surface area (Å²) < 4.78 is 0. The van der Waals surface area contributed by atoms with E-state index in [1.165, 1.54) is 27.8 Å². The number of hydrogen-bond donors (Lipinski definition) is 1. The maximum absolute atomic E-state index is 11.0. The molecule has 0 unspecified atom stereocenters. The Kier molecular flexibility index (Phi) is 5.99. The van der Waals surface area contributed by atoms with Gasteiger partial charge in [-0.15, -0.1) is 0 Å². The van der Waals surface area contributed by atoms with Gasteiger partial charge in [0.25, 0.3) is 0 Å². The van der Waals surface area contributed by atoms with Crippen molar-refractivity contribution in [1.29, 1.82) is 0 Å². The molecule has 1 N–H and O–H groups in total. The van der Waals surface area contributed by atoms with Crippen LogP contribution in [0.4, 0.5) is 0 Å². The molecule has 4 aromatic carbocycles. The Morgan fingerprint density at radius 1 is 0.633 bits per heavy atom. The minimum absolute atomic E-state index is 0.353. The van der Waals surface area contributed by atoms with Crippen molar-refractivity contribution in [2.24, 2.45) is 0 Å². The third-order valence-electron chi connectivity index (χ3n) is 5.70. The highest BCUT2D eigenvalue weighted by molar-refractivity contribution is 5.78. The number of phenols is 1. The third-order valence-corrected chi connectivity index (χ3v) is 5.70. The minimum Gasteiger partial charge on any atom is -0.507 e. The quantitative estimate of drug-likeness (QED) is 0.363. The summed E-state index contributed by atoms with van der Waals surface area (Å²) in [6.45, 7) is 4.42. The van der Waals surface area contributed by atoms with Crippen LogP contribution >= 0.6 is 0 Å². The number of aromatic hydroxyl groups is 1. The Bertz CT molecular complexity index is 1110. The largest absolute Gasteiger partial charge is 0.507 e. The maximum Gasteiger partial charge on any atom is 0.123 e. The van der Waals surface area contributed by atoms with Crippen LogP contribution in [0, 0.1) is 0 Å². The molecule has 150 valence electrons. The van der Waals surface area contributed by atoms with Gasteiger partial charge in [0.1, 0.15) is 5.75 Å². The first-order valence-corrected chi connectivity index (χ1v) is 10.6. The van der Waals surface area contributed by atoms with Crippen molar-refractivity contribution in [3.63, 3.8) is 0 Å². The monoisotopic (exact) mass is 392 g/mol. The second-order valence-corrected chi connectivity index (χ2v) is 8.16. The van der Waals surface area contributed by atoms with Crippen LogP contribution in [0.25, 0.3) is 11.1 Å². The lowest BCUT2D eigenvalue weighted by atomic mass is 9.84. The normalized spacial score (nSPS) is 11.0. The van der Waals surface area contributed by atoms with Gasteiger partial charge in [-0.3, -0.25) is 0 Å². The molecule has 0 bridgehead atoms. The molecular weight excluding hydrogens is 364 g/mol. The fraction of sp³-hybridized carbons (Fsp3) is 0.172. The molecule has 0 atom stereocenters. The molecule has 1 nitrogen and oxygen atoms in total. The molecule has 4 rings (SSSR count). The first kappa shape index (κ1) is 20.0. The van der Waals surface area contributed by atoms with Crippen LogP contribution in [-0.4, -0.2) is 5.11 Å². The highest BCUT2D eigenvalue weighted by Gasteiger charge is 2.19. The van der Waals surface area contributed by atoms with E-state index in [0.717, 1.165) is 24.0 Å². The topological polar surface area (TPSA) is 20.2 Å². The maximum atomic E-state index is 11.0. The van der Waals surface area contributed by atoms with E-state index in [9.17, 15) is 5.11 Å². The van der Waals surface area contributed by atoms with Gasteiger partial charge in [-0.2, -0.15) is 0 Å². The van der Waals surface area contributed by atoms with Gasteiger partial charge in [0.15, 0.2) is 0 Å². The lowest BCUT2D eigenvalue weighted by molar-refractivity contribution is 0.476. The van der Waals surface area contributed by atoms with Crippen molar-refractivity contribution in [2.75, 3.05) is 0 Å². The highest BCUT2D eigenvalue weighted by Crippen LogP contribution is 2.40. The van der Waals surface area contributed by atoms with E-state index >= 15 is 0 Å². The number of phenolic OH excluding ortho intramolecular Hbond substituents is 1. The van der Waals surface area contributed by atoms with Gasteiger partial charge in [0.05, 0.1) is 0 Å². The molecule has 4 aromatic rings. The molecule has 0 radical (unpaired) electrons. The smallest absolute Gasteiger partial charge is 0.123 e. The Balaban J connectivity index is 1.91. The van der Waals surface area contributed by atoms with Crippen molar-refractivity contribution in [3.05, 3.63) is 125 Å². The van der Waals surface area contributed by atoms with Crippen LogP contribution in [0.5, 0.6) is 5.75 Å². The zero-order valence-corrected chi connectivity index (χ0v) is 17.7. The molecule has 0 fully saturated rings. The Labute approximate surface area is 179 Å². The summed E-state index contributed by atoms with van der Waals surface area (Å²) in [5.74, 6) is 0.730. The Morgan fingerprint density at radius 3 is 1.83 bits per heavy atom. The molecule has 0 aliphatic heterocycles. The Hall–Kier alpha value is -3.32. The predicted molar refractivity (Wildman–Crippen MR) is 126 cm³/mol. The van der Waals surface area contributed by atoms with Gasteiger partial charge in [0.2, 0.25) is 0 Å². The SMILES string of the molecule is CC(C)c1ccccc1-c1c(O)ccc(Cc2ccccc2)c1Cc1ccccc1. The molecule has 0 aliphatic rings. The van der Waals surface area contributed by atoms with Crippen molar-refractivity contribution in [2.45, 2.75) is 32.6 Å². The van der Waals surface area contributed by atoms with Crippen molar-refractivity contribution in [1.82, 2.24) is 0 Å². The summed E-state index contributed by atoms with van der Waals surface area (Å²) in [6, 6.07) is 33.5. The predicted octanol–water partition coefficient (Wildman–Crippen LogP) is 7.36. The molecule has 0 saturated heterocycles. The number of benzene rings is 4. The molecule has 0 saturated carbocycles. The molecular formula is C29H28O. The fourth-order valence-electron chi connectivity index (χ4n) is 4.19. The fourth-order valence-corrected chi connectivity index (χ4v) is 4.19. The van der Waals surface area contributed by atoms with Crippen LogP contribution in [-0.2, 0) is 12.8 Å². The summed E-state index contributed by atoms with van der Waals surface area (Å²) in [5, 5.41) is 11.0. The molecule has 30 heavy (non-hydrogen) atoms. The third kappa shape index (κ3) is 4.31. The summed E-state index contributed by atoms with van der Waals surface area (Å²) >= 11 is 0.